The third-order valence-electron chi connectivity index (χ3n) is 4.59. The van der Waals surface area contributed by atoms with Crippen molar-refractivity contribution in [1.82, 2.24) is 9.88 Å². The third-order valence-corrected chi connectivity index (χ3v) is 4.59. The van der Waals surface area contributed by atoms with E-state index in [9.17, 15) is 0 Å². The maximum absolute atomic E-state index is 5.94. The minimum Gasteiger partial charge on any atom is -0.440 e. The second kappa shape index (κ2) is 5.58. The molecule has 0 radical (unpaired) electrons. The highest BCUT2D eigenvalue weighted by molar-refractivity contribution is 5.72. The SMILES string of the molecule is Cc1ccccc1CN1CC[C@H](c2nc3ccccc3o2)C1. The Morgan fingerprint density at radius 1 is 1.14 bits per heavy atom. The van der Waals surface area contributed by atoms with Crippen LogP contribution in [0.4, 0.5) is 0 Å². The van der Waals surface area contributed by atoms with Crippen LogP contribution in [0.2, 0.25) is 0 Å². The molecule has 2 aromatic carbocycles. The van der Waals surface area contributed by atoms with E-state index in [4.69, 9.17) is 4.42 Å². The number of nitrogens with zero attached hydrogens (tertiary/aromatic N) is 2. The molecule has 0 amide bonds. The Labute approximate surface area is 130 Å². The molecule has 3 nitrogen and oxygen atoms in total. The normalized spacial score (nSPS) is 19.0. The van der Waals surface area contributed by atoms with Gasteiger partial charge in [0.25, 0.3) is 0 Å². The van der Waals surface area contributed by atoms with Crippen molar-refractivity contribution in [2.75, 3.05) is 13.1 Å². The Balaban J connectivity index is 1.49. The highest BCUT2D eigenvalue weighted by atomic mass is 16.3. The Kier molecular flexibility index (Phi) is 3.43. The Morgan fingerprint density at radius 3 is 2.82 bits per heavy atom. The zero-order valence-corrected chi connectivity index (χ0v) is 12.8. The lowest BCUT2D eigenvalue weighted by Gasteiger charge is -2.16. The lowest BCUT2D eigenvalue weighted by Crippen LogP contribution is -2.20. The van der Waals surface area contributed by atoms with Gasteiger partial charge in [0.2, 0.25) is 0 Å². The highest BCUT2D eigenvalue weighted by Crippen LogP contribution is 2.30. The molecular formula is C19H20N2O. The van der Waals surface area contributed by atoms with E-state index < -0.39 is 0 Å². The van der Waals surface area contributed by atoms with Gasteiger partial charge in [-0.3, -0.25) is 4.90 Å². The lowest BCUT2D eigenvalue weighted by molar-refractivity contribution is 0.320. The first kappa shape index (κ1) is 13.5. The molecule has 1 aromatic heterocycles. The van der Waals surface area contributed by atoms with E-state index >= 15 is 0 Å². The molecule has 0 N–H and O–H groups in total. The molecule has 1 aliphatic heterocycles. The summed E-state index contributed by atoms with van der Waals surface area (Å²) in [4.78, 5) is 7.16. The van der Waals surface area contributed by atoms with Crippen molar-refractivity contribution in [2.45, 2.75) is 25.8 Å². The van der Waals surface area contributed by atoms with Gasteiger partial charge in [-0.25, -0.2) is 4.98 Å². The van der Waals surface area contributed by atoms with Crippen molar-refractivity contribution < 1.29 is 4.42 Å². The van der Waals surface area contributed by atoms with Crippen LogP contribution in [0.5, 0.6) is 0 Å². The molecule has 0 unspecified atom stereocenters. The predicted octanol–water partition coefficient (Wildman–Crippen LogP) is 4.13. The summed E-state index contributed by atoms with van der Waals surface area (Å²) in [6.45, 7) is 5.34. The number of hydrogen-bond donors (Lipinski definition) is 0. The molecule has 3 aromatic rings. The van der Waals surface area contributed by atoms with Crippen molar-refractivity contribution in [2.24, 2.45) is 0 Å². The summed E-state index contributed by atoms with van der Waals surface area (Å²) in [5.74, 6) is 1.31. The Morgan fingerprint density at radius 2 is 1.95 bits per heavy atom. The third kappa shape index (κ3) is 2.53. The number of rotatable bonds is 3. The van der Waals surface area contributed by atoms with Crippen LogP contribution in [0, 0.1) is 6.92 Å². The van der Waals surface area contributed by atoms with E-state index in [0.29, 0.717) is 5.92 Å². The van der Waals surface area contributed by atoms with Crippen molar-refractivity contribution in [3.05, 3.63) is 65.5 Å². The molecule has 22 heavy (non-hydrogen) atoms. The first-order valence-corrected chi connectivity index (χ1v) is 7.92. The number of hydrogen-bond acceptors (Lipinski definition) is 3. The zero-order chi connectivity index (χ0) is 14.9. The molecule has 4 rings (SSSR count). The van der Waals surface area contributed by atoms with Crippen LogP contribution in [0.1, 0.15) is 29.4 Å². The number of para-hydroxylation sites is 2. The van der Waals surface area contributed by atoms with E-state index in [1.807, 2.05) is 24.3 Å². The molecule has 1 aliphatic rings. The van der Waals surface area contributed by atoms with Crippen LogP contribution in [0.3, 0.4) is 0 Å². The molecule has 3 heteroatoms. The monoisotopic (exact) mass is 292 g/mol. The van der Waals surface area contributed by atoms with Gasteiger partial charge in [-0.15, -0.1) is 0 Å². The van der Waals surface area contributed by atoms with E-state index in [0.717, 1.165) is 43.0 Å². The van der Waals surface area contributed by atoms with Crippen LogP contribution < -0.4 is 0 Å². The molecule has 2 heterocycles. The van der Waals surface area contributed by atoms with Gasteiger partial charge in [0, 0.05) is 19.0 Å². The Hall–Kier alpha value is -2.13. The Bertz CT molecular complexity index is 760. The zero-order valence-electron chi connectivity index (χ0n) is 12.8. The molecule has 112 valence electrons. The highest BCUT2D eigenvalue weighted by Gasteiger charge is 2.27. The molecule has 0 spiro atoms. The van der Waals surface area contributed by atoms with Crippen LogP contribution in [0.15, 0.2) is 52.9 Å². The summed E-state index contributed by atoms with van der Waals surface area (Å²) in [6, 6.07) is 16.6. The van der Waals surface area contributed by atoms with Crippen LogP contribution >= 0.6 is 0 Å². The predicted molar refractivity (Wildman–Crippen MR) is 87.8 cm³/mol. The van der Waals surface area contributed by atoms with Crippen molar-refractivity contribution >= 4 is 11.1 Å². The van der Waals surface area contributed by atoms with E-state index in [-0.39, 0.29) is 0 Å². The summed E-state index contributed by atoms with van der Waals surface area (Å²) in [7, 11) is 0. The number of aromatic nitrogens is 1. The van der Waals surface area contributed by atoms with Crippen molar-refractivity contribution in [1.29, 1.82) is 0 Å². The minimum atomic E-state index is 0.413. The summed E-state index contributed by atoms with van der Waals surface area (Å²) in [6.07, 6.45) is 1.12. The second-order valence-corrected chi connectivity index (χ2v) is 6.17. The van der Waals surface area contributed by atoms with Gasteiger partial charge in [0.1, 0.15) is 5.52 Å². The van der Waals surface area contributed by atoms with Gasteiger partial charge < -0.3 is 4.42 Å². The maximum Gasteiger partial charge on any atom is 0.199 e. The first-order chi connectivity index (χ1) is 10.8. The van der Waals surface area contributed by atoms with Gasteiger partial charge in [-0.05, 0) is 43.1 Å². The van der Waals surface area contributed by atoms with Crippen LogP contribution in [-0.2, 0) is 6.54 Å². The van der Waals surface area contributed by atoms with Crippen LogP contribution in [0.25, 0.3) is 11.1 Å². The number of oxazole rings is 1. The second-order valence-electron chi connectivity index (χ2n) is 6.17. The molecule has 1 atom stereocenters. The number of fused-ring (bicyclic) bond motifs is 1. The molecule has 1 fully saturated rings. The number of benzene rings is 2. The van der Waals surface area contributed by atoms with Gasteiger partial charge in [0.05, 0.1) is 0 Å². The standard InChI is InChI=1S/C19H20N2O/c1-14-6-2-3-7-15(14)12-21-11-10-16(13-21)19-20-17-8-4-5-9-18(17)22-19/h2-9,16H,10-13H2,1H3/t16-/m0/s1. The molecule has 0 bridgehead atoms. The summed E-state index contributed by atoms with van der Waals surface area (Å²) < 4.78 is 5.94. The largest absolute Gasteiger partial charge is 0.440 e. The average Bonchev–Trinajstić information content (AvgIpc) is 3.15. The maximum atomic E-state index is 5.94. The fourth-order valence-corrected chi connectivity index (χ4v) is 3.27. The number of aryl methyl sites for hydroxylation is 1. The lowest BCUT2D eigenvalue weighted by atomic mass is 10.1. The quantitative estimate of drug-likeness (QED) is 0.727. The van der Waals surface area contributed by atoms with E-state index in [1.165, 1.54) is 11.1 Å². The molecular weight excluding hydrogens is 272 g/mol. The van der Waals surface area contributed by atoms with Gasteiger partial charge >= 0.3 is 0 Å². The fraction of sp³-hybridized carbons (Fsp3) is 0.316. The summed E-state index contributed by atoms with van der Waals surface area (Å²) in [5, 5.41) is 0. The molecule has 1 saturated heterocycles. The summed E-state index contributed by atoms with van der Waals surface area (Å²) in [5.41, 5.74) is 4.65. The van der Waals surface area contributed by atoms with Gasteiger partial charge in [-0.1, -0.05) is 36.4 Å². The van der Waals surface area contributed by atoms with Gasteiger partial charge in [0.15, 0.2) is 11.5 Å². The van der Waals surface area contributed by atoms with Crippen molar-refractivity contribution in [3.63, 3.8) is 0 Å². The van der Waals surface area contributed by atoms with E-state index in [2.05, 4.69) is 41.1 Å². The minimum absolute atomic E-state index is 0.413. The van der Waals surface area contributed by atoms with E-state index in [1.54, 1.807) is 0 Å². The topological polar surface area (TPSA) is 29.3 Å². The summed E-state index contributed by atoms with van der Waals surface area (Å²) >= 11 is 0. The van der Waals surface area contributed by atoms with Crippen LogP contribution in [-0.4, -0.2) is 23.0 Å². The van der Waals surface area contributed by atoms with Crippen molar-refractivity contribution in [3.8, 4) is 0 Å². The number of likely N-dealkylation sites (tertiary alicyclic amines) is 1. The molecule has 0 saturated carbocycles. The smallest absolute Gasteiger partial charge is 0.199 e. The first-order valence-electron chi connectivity index (χ1n) is 7.92. The van der Waals surface area contributed by atoms with Gasteiger partial charge in [-0.2, -0.15) is 0 Å². The molecule has 0 aliphatic carbocycles. The fourth-order valence-electron chi connectivity index (χ4n) is 3.27. The average molecular weight is 292 g/mol.